The van der Waals surface area contributed by atoms with Crippen LogP contribution in [0.1, 0.15) is 42.3 Å². The van der Waals surface area contributed by atoms with E-state index in [0.717, 1.165) is 0 Å². The molecule has 0 heterocycles. The molecule has 2 aromatic carbocycles. The maximum absolute atomic E-state index is 12.4. The third-order valence-electron chi connectivity index (χ3n) is 3.93. The fraction of sp³-hybridized carbons (Fsp3) is 0.316. The van der Waals surface area contributed by atoms with Gasteiger partial charge in [-0.3, -0.25) is 4.79 Å². The molecule has 134 valence electrons. The molecule has 6 heteroatoms. The van der Waals surface area contributed by atoms with Gasteiger partial charge in [0.15, 0.2) is 15.6 Å². The third kappa shape index (κ3) is 5.06. The van der Waals surface area contributed by atoms with Crippen molar-refractivity contribution in [2.24, 2.45) is 0 Å². The number of ketones is 1. The van der Waals surface area contributed by atoms with Crippen molar-refractivity contribution in [2.45, 2.75) is 37.7 Å². The Hall–Kier alpha value is -1.36. The molecule has 0 atom stereocenters. The fourth-order valence-electron chi connectivity index (χ4n) is 2.16. The van der Waals surface area contributed by atoms with Crippen LogP contribution in [0.3, 0.4) is 0 Å². The zero-order valence-corrected chi connectivity index (χ0v) is 16.7. The fourth-order valence-corrected chi connectivity index (χ4v) is 3.70. The van der Waals surface area contributed by atoms with Gasteiger partial charge in [-0.25, -0.2) is 8.42 Å². The van der Waals surface area contributed by atoms with Crippen LogP contribution in [-0.2, 0) is 22.0 Å². The summed E-state index contributed by atoms with van der Waals surface area (Å²) in [6.45, 7) is 5.03. The molecule has 0 bridgehead atoms. The van der Waals surface area contributed by atoms with Gasteiger partial charge in [0.25, 0.3) is 0 Å². The molecule has 0 unspecified atom stereocenters. The van der Waals surface area contributed by atoms with E-state index in [0.29, 0.717) is 26.7 Å². The van der Waals surface area contributed by atoms with Crippen LogP contribution in [-0.4, -0.2) is 18.9 Å². The van der Waals surface area contributed by atoms with Gasteiger partial charge < -0.3 is 0 Å². The zero-order valence-electron chi connectivity index (χ0n) is 14.3. The van der Waals surface area contributed by atoms with Gasteiger partial charge in [0.05, 0.1) is 10.5 Å². The molecule has 0 N–H and O–H groups in total. The summed E-state index contributed by atoms with van der Waals surface area (Å²) >= 11 is 12.0. The normalized spacial score (nSPS) is 12.2. The van der Waals surface area contributed by atoms with E-state index < -0.39 is 14.6 Å². The summed E-state index contributed by atoms with van der Waals surface area (Å²) in [5.41, 5.74) is 1.88. The number of Topliss-reactive ketones (excluding diaryl/α,β-unsaturated/α-hetero) is 1. The van der Waals surface area contributed by atoms with Crippen LogP contribution in [0.25, 0.3) is 0 Å². The van der Waals surface area contributed by atoms with E-state index >= 15 is 0 Å². The lowest BCUT2D eigenvalue weighted by Gasteiger charge is -2.19. The number of hydrogen-bond donors (Lipinski definition) is 0. The van der Waals surface area contributed by atoms with Crippen molar-refractivity contribution in [2.75, 3.05) is 0 Å². The molecule has 0 aliphatic carbocycles. The van der Waals surface area contributed by atoms with Gasteiger partial charge >= 0.3 is 0 Å². The quantitative estimate of drug-likeness (QED) is 0.655. The second-order valence-electron chi connectivity index (χ2n) is 6.90. The number of hydrogen-bond acceptors (Lipinski definition) is 3. The summed E-state index contributed by atoms with van der Waals surface area (Å²) in [6, 6.07) is 11.7. The van der Waals surface area contributed by atoms with Gasteiger partial charge in [-0.05, 0) is 44.0 Å². The predicted octanol–water partition coefficient (Wildman–Crippen LogP) is 5.13. The number of carbonyl (C=O) groups excluding carboxylic acids is 1. The van der Waals surface area contributed by atoms with Crippen molar-refractivity contribution in [3.63, 3.8) is 0 Å². The van der Waals surface area contributed by atoms with Crippen molar-refractivity contribution in [3.8, 4) is 0 Å². The summed E-state index contributed by atoms with van der Waals surface area (Å²) in [5, 5.41) is 0.972. The van der Waals surface area contributed by atoms with Crippen molar-refractivity contribution < 1.29 is 13.2 Å². The molecule has 0 aliphatic rings. The molecular weight excluding hydrogens is 379 g/mol. The van der Waals surface area contributed by atoms with Gasteiger partial charge in [0.1, 0.15) is 0 Å². The van der Waals surface area contributed by atoms with E-state index in [1.807, 2.05) is 0 Å². The molecule has 0 saturated heterocycles. The Labute approximate surface area is 158 Å². The van der Waals surface area contributed by atoms with Crippen LogP contribution in [0, 0.1) is 0 Å². The first-order chi connectivity index (χ1) is 11.5. The van der Waals surface area contributed by atoms with Crippen LogP contribution in [0.5, 0.6) is 0 Å². The first kappa shape index (κ1) is 20.0. The van der Waals surface area contributed by atoms with Crippen LogP contribution in [0.15, 0.2) is 42.5 Å². The average molecular weight is 399 g/mol. The van der Waals surface area contributed by atoms with Crippen LogP contribution in [0.4, 0.5) is 0 Å². The Balaban J connectivity index is 2.13. The summed E-state index contributed by atoms with van der Waals surface area (Å²) in [7, 11) is -3.26. The number of halogens is 2. The van der Waals surface area contributed by atoms with Crippen LogP contribution < -0.4 is 0 Å². The van der Waals surface area contributed by atoms with Crippen molar-refractivity contribution in [3.05, 3.63) is 69.2 Å². The lowest BCUT2D eigenvalue weighted by molar-refractivity contribution is 0.0993. The number of carbonyl (C=O) groups is 1. The minimum atomic E-state index is -3.26. The number of rotatable bonds is 5. The van der Waals surface area contributed by atoms with E-state index in [9.17, 15) is 13.2 Å². The van der Waals surface area contributed by atoms with E-state index in [4.69, 9.17) is 23.2 Å². The minimum Gasteiger partial charge on any atom is -0.294 e. The SMILES string of the molecule is CC(C)(C)S(=O)(=O)Cc1ccc(C(=O)Cc2ccc(Cl)cc2Cl)cc1. The van der Waals surface area contributed by atoms with Gasteiger partial charge in [0, 0.05) is 22.0 Å². The Morgan fingerprint density at radius 2 is 1.60 bits per heavy atom. The van der Waals surface area contributed by atoms with Gasteiger partial charge in [-0.2, -0.15) is 0 Å². The molecule has 2 aromatic rings. The maximum atomic E-state index is 12.4. The lowest BCUT2D eigenvalue weighted by Crippen LogP contribution is -2.29. The van der Waals surface area contributed by atoms with Crippen molar-refractivity contribution in [1.82, 2.24) is 0 Å². The molecule has 25 heavy (non-hydrogen) atoms. The third-order valence-corrected chi connectivity index (χ3v) is 7.10. The molecule has 0 radical (unpaired) electrons. The van der Waals surface area contributed by atoms with Crippen molar-refractivity contribution in [1.29, 1.82) is 0 Å². The molecule has 0 aliphatic heterocycles. The first-order valence-corrected chi connectivity index (χ1v) is 10.2. The Morgan fingerprint density at radius 3 is 2.12 bits per heavy atom. The summed E-state index contributed by atoms with van der Waals surface area (Å²) in [5.74, 6) is -0.136. The van der Waals surface area contributed by atoms with E-state index in [2.05, 4.69) is 0 Å². The van der Waals surface area contributed by atoms with E-state index in [-0.39, 0.29) is 18.0 Å². The van der Waals surface area contributed by atoms with Gasteiger partial charge in [-0.15, -0.1) is 0 Å². The van der Waals surface area contributed by atoms with Crippen LogP contribution >= 0.6 is 23.2 Å². The molecule has 0 fully saturated rings. The zero-order chi connectivity index (χ0) is 18.8. The second-order valence-corrected chi connectivity index (χ2v) is 10.5. The highest BCUT2D eigenvalue weighted by Crippen LogP contribution is 2.23. The topological polar surface area (TPSA) is 51.2 Å². The number of sulfone groups is 1. The molecular formula is C19H20Cl2O3S. The van der Waals surface area contributed by atoms with E-state index in [1.54, 1.807) is 63.2 Å². The minimum absolute atomic E-state index is 0.0476. The maximum Gasteiger partial charge on any atom is 0.167 e. The standard InChI is InChI=1S/C19H20Cl2O3S/c1-19(2,3)25(23,24)12-13-4-6-14(7-5-13)18(22)10-15-8-9-16(20)11-17(15)21/h4-9,11H,10,12H2,1-3H3. The Morgan fingerprint density at radius 1 is 1.00 bits per heavy atom. The van der Waals surface area contributed by atoms with Gasteiger partial charge in [0.2, 0.25) is 0 Å². The molecule has 0 amide bonds. The predicted molar refractivity (Wildman–Crippen MR) is 103 cm³/mol. The Kier molecular flexibility index (Phi) is 5.97. The monoisotopic (exact) mass is 398 g/mol. The smallest absolute Gasteiger partial charge is 0.167 e. The van der Waals surface area contributed by atoms with Gasteiger partial charge in [-0.1, -0.05) is 53.5 Å². The molecule has 0 saturated carbocycles. The molecule has 2 rings (SSSR count). The Bertz CT molecular complexity index is 880. The second kappa shape index (κ2) is 7.48. The highest BCUT2D eigenvalue weighted by Gasteiger charge is 2.28. The lowest BCUT2D eigenvalue weighted by atomic mass is 10.0. The highest BCUT2D eigenvalue weighted by molar-refractivity contribution is 7.91. The van der Waals surface area contributed by atoms with Crippen LogP contribution in [0.2, 0.25) is 10.0 Å². The molecule has 3 nitrogen and oxygen atoms in total. The highest BCUT2D eigenvalue weighted by atomic mass is 35.5. The summed E-state index contributed by atoms with van der Waals surface area (Å²) in [4.78, 5) is 12.4. The largest absolute Gasteiger partial charge is 0.294 e. The molecule has 0 spiro atoms. The first-order valence-electron chi connectivity index (χ1n) is 7.78. The summed E-state index contributed by atoms with van der Waals surface area (Å²) in [6.07, 6.45) is 0.162. The summed E-state index contributed by atoms with van der Waals surface area (Å²) < 4.78 is 23.7. The van der Waals surface area contributed by atoms with Crippen molar-refractivity contribution >= 4 is 38.8 Å². The van der Waals surface area contributed by atoms with E-state index in [1.165, 1.54) is 0 Å². The molecule has 0 aromatic heterocycles. The average Bonchev–Trinajstić information content (AvgIpc) is 2.49. The number of benzene rings is 2.